The third-order valence-electron chi connectivity index (χ3n) is 4.33. The molecule has 0 spiro atoms. The van der Waals surface area contributed by atoms with Gasteiger partial charge in [-0.1, -0.05) is 47.1 Å². The van der Waals surface area contributed by atoms with Crippen LogP contribution in [0.15, 0.2) is 24.3 Å². The molecule has 2 aliphatic rings. The van der Waals surface area contributed by atoms with Gasteiger partial charge >= 0.3 is 0 Å². The predicted molar refractivity (Wildman–Crippen MR) is 76.0 cm³/mol. The van der Waals surface area contributed by atoms with Crippen LogP contribution in [-0.2, 0) is 11.2 Å². The van der Waals surface area contributed by atoms with E-state index in [0.29, 0.717) is 16.7 Å². The second-order valence-corrected chi connectivity index (χ2v) is 6.70. The number of fused-ring (bicyclic) bond motifs is 1. The van der Waals surface area contributed by atoms with Gasteiger partial charge in [0.05, 0.1) is 5.92 Å². The van der Waals surface area contributed by atoms with Crippen molar-refractivity contribution >= 4 is 21.8 Å². The summed E-state index contributed by atoms with van der Waals surface area (Å²) in [6.07, 6.45) is 2.03. The fraction of sp³-hybridized carbons (Fsp3) is 0.533. The van der Waals surface area contributed by atoms with Crippen molar-refractivity contribution in [3.8, 4) is 0 Å². The molecular formula is C15H18BrNO. The predicted octanol–water partition coefficient (Wildman–Crippen LogP) is 2.96. The average molecular weight is 308 g/mol. The van der Waals surface area contributed by atoms with E-state index < -0.39 is 0 Å². The normalized spacial score (nSPS) is 30.6. The monoisotopic (exact) mass is 307 g/mol. The van der Waals surface area contributed by atoms with Gasteiger partial charge in [-0.3, -0.25) is 4.79 Å². The van der Waals surface area contributed by atoms with Crippen molar-refractivity contribution < 1.29 is 4.79 Å². The number of piperidine rings is 1. The summed E-state index contributed by atoms with van der Waals surface area (Å²) in [5.74, 6) is 1.11. The summed E-state index contributed by atoms with van der Waals surface area (Å²) in [6, 6.07) is 8.31. The number of carbonyl (C=O) groups is 1. The highest BCUT2D eigenvalue weighted by Crippen LogP contribution is 2.37. The summed E-state index contributed by atoms with van der Waals surface area (Å²) in [4.78, 5) is 15.0. The molecule has 0 bridgehead atoms. The lowest BCUT2D eigenvalue weighted by molar-refractivity contribution is -0.134. The van der Waals surface area contributed by atoms with Gasteiger partial charge in [0, 0.05) is 17.9 Å². The Labute approximate surface area is 116 Å². The Balaban J connectivity index is 1.70. The molecular weight excluding hydrogens is 290 g/mol. The average Bonchev–Trinajstić information content (AvgIpc) is 2.34. The third-order valence-corrected chi connectivity index (χ3v) is 5.52. The molecule has 0 saturated carbocycles. The maximum Gasteiger partial charge on any atom is 0.230 e. The van der Waals surface area contributed by atoms with Crippen molar-refractivity contribution in [2.24, 2.45) is 5.92 Å². The number of carbonyl (C=O) groups excluding carboxylic acids is 1. The molecule has 18 heavy (non-hydrogen) atoms. The third kappa shape index (κ3) is 1.99. The Morgan fingerprint density at radius 2 is 2.17 bits per heavy atom. The van der Waals surface area contributed by atoms with E-state index in [2.05, 4.69) is 41.1 Å². The minimum Gasteiger partial charge on any atom is -0.341 e. The van der Waals surface area contributed by atoms with Crippen LogP contribution in [0.1, 0.15) is 30.4 Å². The molecule has 1 fully saturated rings. The summed E-state index contributed by atoms with van der Waals surface area (Å²) in [7, 11) is 0. The van der Waals surface area contributed by atoms with Crippen LogP contribution in [0.25, 0.3) is 0 Å². The quantitative estimate of drug-likeness (QED) is 0.731. The van der Waals surface area contributed by atoms with E-state index in [0.717, 1.165) is 25.9 Å². The van der Waals surface area contributed by atoms with Gasteiger partial charge in [-0.25, -0.2) is 0 Å². The number of alkyl halides is 1. The number of benzene rings is 1. The molecule has 0 N–H and O–H groups in total. The first-order valence-electron chi connectivity index (χ1n) is 6.67. The van der Waals surface area contributed by atoms with Gasteiger partial charge in [0.1, 0.15) is 0 Å². The van der Waals surface area contributed by atoms with Gasteiger partial charge in [-0.05, 0) is 29.9 Å². The van der Waals surface area contributed by atoms with Crippen LogP contribution < -0.4 is 0 Å². The largest absolute Gasteiger partial charge is 0.341 e. The Bertz CT molecular complexity index is 473. The van der Waals surface area contributed by atoms with Gasteiger partial charge in [0.25, 0.3) is 0 Å². The zero-order valence-electron chi connectivity index (χ0n) is 10.6. The highest BCUT2D eigenvalue weighted by molar-refractivity contribution is 9.09. The molecule has 96 valence electrons. The highest BCUT2D eigenvalue weighted by atomic mass is 79.9. The standard InChI is InChI=1S/C15H18BrNO/c1-10-6-7-17(9-14(10)16)15(18)13-8-11-4-2-3-5-12(11)13/h2-5,10,13-14H,6-9H2,1H3. The zero-order valence-corrected chi connectivity index (χ0v) is 12.2. The van der Waals surface area contributed by atoms with Crippen LogP contribution in [0.5, 0.6) is 0 Å². The molecule has 1 amide bonds. The number of hydrogen-bond acceptors (Lipinski definition) is 1. The zero-order chi connectivity index (χ0) is 12.7. The Kier molecular flexibility index (Phi) is 3.18. The van der Waals surface area contributed by atoms with E-state index in [-0.39, 0.29) is 5.92 Å². The lowest BCUT2D eigenvalue weighted by atomic mass is 9.76. The Morgan fingerprint density at radius 3 is 2.89 bits per heavy atom. The lowest BCUT2D eigenvalue weighted by Gasteiger charge is -2.39. The first-order chi connectivity index (χ1) is 8.66. The second-order valence-electron chi connectivity index (χ2n) is 5.52. The van der Waals surface area contributed by atoms with Gasteiger partial charge in [0.2, 0.25) is 5.91 Å². The molecule has 3 heteroatoms. The maximum absolute atomic E-state index is 12.5. The number of rotatable bonds is 1. The van der Waals surface area contributed by atoms with E-state index in [1.54, 1.807) is 0 Å². The van der Waals surface area contributed by atoms with Crippen LogP contribution in [0.3, 0.4) is 0 Å². The van der Waals surface area contributed by atoms with Crippen LogP contribution in [0.2, 0.25) is 0 Å². The molecule has 3 rings (SSSR count). The molecule has 1 aliphatic heterocycles. The highest BCUT2D eigenvalue weighted by Gasteiger charge is 2.36. The lowest BCUT2D eigenvalue weighted by Crippen LogP contribution is -2.47. The minimum absolute atomic E-state index is 0.120. The summed E-state index contributed by atoms with van der Waals surface area (Å²) in [5.41, 5.74) is 2.59. The summed E-state index contributed by atoms with van der Waals surface area (Å²) in [5, 5.41) is 0. The molecule has 1 aromatic rings. The molecule has 3 unspecified atom stereocenters. The molecule has 2 nitrogen and oxygen atoms in total. The fourth-order valence-corrected chi connectivity index (χ4v) is 3.54. The van der Waals surface area contributed by atoms with Crippen LogP contribution >= 0.6 is 15.9 Å². The Morgan fingerprint density at radius 1 is 1.39 bits per heavy atom. The van der Waals surface area contributed by atoms with E-state index >= 15 is 0 Å². The molecule has 0 aromatic heterocycles. The number of amides is 1. The van der Waals surface area contributed by atoms with Crippen molar-refractivity contribution in [3.05, 3.63) is 35.4 Å². The minimum atomic E-state index is 0.120. The van der Waals surface area contributed by atoms with Gasteiger partial charge in [0.15, 0.2) is 0 Å². The van der Waals surface area contributed by atoms with E-state index in [4.69, 9.17) is 0 Å². The number of likely N-dealkylation sites (tertiary alicyclic amines) is 1. The maximum atomic E-state index is 12.5. The van der Waals surface area contributed by atoms with E-state index in [1.807, 2.05) is 11.0 Å². The SMILES string of the molecule is CC1CCN(C(=O)C2Cc3ccccc32)CC1Br. The van der Waals surface area contributed by atoms with Crippen LogP contribution in [0, 0.1) is 5.92 Å². The van der Waals surface area contributed by atoms with E-state index in [1.165, 1.54) is 11.1 Å². The molecule has 1 aliphatic carbocycles. The van der Waals surface area contributed by atoms with Crippen molar-refractivity contribution in [1.29, 1.82) is 0 Å². The summed E-state index contributed by atoms with van der Waals surface area (Å²) < 4.78 is 0. The summed E-state index contributed by atoms with van der Waals surface area (Å²) in [6.45, 7) is 4.03. The molecule has 3 atom stereocenters. The second kappa shape index (κ2) is 4.69. The molecule has 1 heterocycles. The first-order valence-corrected chi connectivity index (χ1v) is 7.59. The topological polar surface area (TPSA) is 20.3 Å². The molecule has 0 radical (unpaired) electrons. The van der Waals surface area contributed by atoms with Gasteiger partial charge in [-0.2, -0.15) is 0 Å². The van der Waals surface area contributed by atoms with Gasteiger partial charge in [-0.15, -0.1) is 0 Å². The molecule has 1 saturated heterocycles. The Hall–Kier alpha value is -0.830. The first kappa shape index (κ1) is 12.2. The number of halogens is 1. The smallest absolute Gasteiger partial charge is 0.230 e. The number of nitrogens with zero attached hydrogens (tertiary/aromatic N) is 1. The number of hydrogen-bond donors (Lipinski definition) is 0. The van der Waals surface area contributed by atoms with Crippen molar-refractivity contribution in [3.63, 3.8) is 0 Å². The van der Waals surface area contributed by atoms with E-state index in [9.17, 15) is 4.79 Å². The summed E-state index contributed by atoms with van der Waals surface area (Å²) >= 11 is 3.69. The van der Waals surface area contributed by atoms with Gasteiger partial charge < -0.3 is 4.90 Å². The van der Waals surface area contributed by atoms with Crippen molar-refractivity contribution in [2.75, 3.05) is 13.1 Å². The fourth-order valence-electron chi connectivity index (χ4n) is 2.92. The molecule has 1 aromatic carbocycles. The van der Waals surface area contributed by atoms with Crippen molar-refractivity contribution in [2.45, 2.75) is 30.5 Å². The van der Waals surface area contributed by atoms with Crippen LogP contribution in [0.4, 0.5) is 0 Å². The van der Waals surface area contributed by atoms with Crippen LogP contribution in [-0.4, -0.2) is 28.7 Å². The van der Waals surface area contributed by atoms with Crippen molar-refractivity contribution in [1.82, 2.24) is 4.90 Å².